The zero-order valence-electron chi connectivity index (χ0n) is 9.27. The Morgan fingerprint density at radius 2 is 2.22 bits per heavy atom. The summed E-state index contributed by atoms with van der Waals surface area (Å²) in [5, 5.41) is 9.01. The minimum atomic E-state index is -0.952. The molecule has 2 aromatic rings. The van der Waals surface area contributed by atoms with Gasteiger partial charge in [0, 0.05) is 16.9 Å². The van der Waals surface area contributed by atoms with Crippen LogP contribution in [0.3, 0.4) is 0 Å². The Labute approximate surface area is 106 Å². The van der Waals surface area contributed by atoms with Gasteiger partial charge in [0.2, 0.25) is 0 Å². The summed E-state index contributed by atoms with van der Waals surface area (Å²) in [6, 6.07) is 5.96. The topological polar surface area (TPSA) is 46.5 Å². The number of rotatable bonds is 1. The van der Waals surface area contributed by atoms with Crippen molar-refractivity contribution < 1.29 is 19.0 Å². The molecule has 0 saturated heterocycles. The standard InChI is InChI=1S/C13H9FO3S/c14-8-1-2-10-9(6-8)12-7(3-4-17-10)5-11(18-12)13(15)16/h1-2,5-6H,3-4H2,(H,15,16). The number of fused-ring (bicyclic) bond motifs is 3. The Balaban J connectivity index is 2.22. The third-order valence-corrected chi connectivity index (χ3v) is 4.03. The summed E-state index contributed by atoms with van der Waals surface area (Å²) in [4.78, 5) is 12.1. The first kappa shape index (κ1) is 11.2. The molecular formula is C13H9FO3S. The Bertz CT molecular complexity index is 633. The van der Waals surface area contributed by atoms with Gasteiger partial charge in [-0.05, 0) is 29.8 Å². The van der Waals surface area contributed by atoms with Crippen molar-refractivity contribution >= 4 is 17.3 Å². The normalized spacial score (nSPS) is 13.2. The highest BCUT2D eigenvalue weighted by molar-refractivity contribution is 7.17. The lowest BCUT2D eigenvalue weighted by Crippen LogP contribution is -1.98. The van der Waals surface area contributed by atoms with E-state index in [9.17, 15) is 9.18 Å². The van der Waals surface area contributed by atoms with E-state index in [1.165, 1.54) is 12.1 Å². The van der Waals surface area contributed by atoms with Gasteiger partial charge in [-0.2, -0.15) is 0 Å². The summed E-state index contributed by atoms with van der Waals surface area (Å²) < 4.78 is 18.9. The third kappa shape index (κ3) is 1.76. The predicted octanol–water partition coefficient (Wildman–Crippen LogP) is 3.19. The molecule has 92 valence electrons. The molecule has 0 radical (unpaired) electrons. The monoisotopic (exact) mass is 264 g/mol. The van der Waals surface area contributed by atoms with Crippen LogP contribution >= 0.6 is 11.3 Å². The molecule has 1 N–H and O–H groups in total. The Morgan fingerprint density at radius 3 is 3.00 bits per heavy atom. The molecule has 18 heavy (non-hydrogen) atoms. The number of aromatic carboxylic acids is 1. The van der Waals surface area contributed by atoms with Gasteiger partial charge in [0.1, 0.15) is 16.4 Å². The molecule has 5 heteroatoms. The zero-order valence-corrected chi connectivity index (χ0v) is 10.1. The van der Waals surface area contributed by atoms with E-state index in [0.717, 1.165) is 21.8 Å². The lowest BCUT2D eigenvalue weighted by Gasteiger charge is -2.06. The van der Waals surface area contributed by atoms with Crippen LogP contribution < -0.4 is 4.74 Å². The van der Waals surface area contributed by atoms with Gasteiger partial charge in [-0.15, -0.1) is 11.3 Å². The molecule has 0 spiro atoms. The number of carbonyl (C=O) groups is 1. The second kappa shape index (κ2) is 4.10. The van der Waals surface area contributed by atoms with Crippen molar-refractivity contribution in [3.8, 4) is 16.2 Å². The van der Waals surface area contributed by atoms with E-state index in [1.807, 2.05) is 0 Å². The third-order valence-electron chi connectivity index (χ3n) is 2.83. The Morgan fingerprint density at radius 1 is 1.39 bits per heavy atom. The van der Waals surface area contributed by atoms with Crippen LogP contribution in [-0.4, -0.2) is 17.7 Å². The van der Waals surface area contributed by atoms with Crippen LogP contribution in [0.4, 0.5) is 4.39 Å². The van der Waals surface area contributed by atoms with Crippen molar-refractivity contribution in [2.45, 2.75) is 6.42 Å². The number of carboxylic acid groups (broad SMARTS) is 1. The molecule has 0 saturated carbocycles. The Kier molecular flexibility index (Phi) is 2.56. The predicted molar refractivity (Wildman–Crippen MR) is 65.9 cm³/mol. The van der Waals surface area contributed by atoms with Crippen molar-refractivity contribution in [1.29, 1.82) is 0 Å². The number of benzene rings is 1. The highest BCUT2D eigenvalue weighted by Gasteiger charge is 2.21. The van der Waals surface area contributed by atoms with Crippen LogP contribution in [0, 0.1) is 5.82 Å². The summed E-state index contributed by atoms with van der Waals surface area (Å²) in [7, 11) is 0. The largest absolute Gasteiger partial charge is 0.493 e. The fraction of sp³-hybridized carbons (Fsp3) is 0.154. The first-order valence-corrected chi connectivity index (χ1v) is 6.25. The summed E-state index contributed by atoms with van der Waals surface area (Å²) in [5.74, 6) is -0.698. The maximum absolute atomic E-state index is 13.3. The molecule has 1 aromatic heterocycles. The van der Waals surface area contributed by atoms with Gasteiger partial charge in [0.25, 0.3) is 0 Å². The van der Waals surface area contributed by atoms with E-state index in [1.54, 1.807) is 12.1 Å². The number of ether oxygens (including phenoxy) is 1. The van der Waals surface area contributed by atoms with Crippen LogP contribution in [0.25, 0.3) is 10.4 Å². The maximum atomic E-state index is 13.3. The molecule has 0 unspecified atom stereocenters. The van der Waals surface area contributed by atoms with Gasteiger partial charge in [-0.25, -0.2) is 9.18 Å². The van der Waals surface area contributed by atoms with E-state index in [-0.39, 0.29) is 10.7 Å². The lowest BCUT2D eigenvalue weighted by atomic mass is 10.1. The van der Waals surface area contributed by atoms with Gasteiger partial charge in [-0.1, -0.05) is 0 Å². The van der Waals surface area contributed by atoms with Crippen LogP contribution in [-0.2, 0) is 6.42 Å². The quantitative estimate of drug-likeness (QED) is 0.860. The molecule has 0 fully saturated rings. The average molecular weight is 264 g/mol. The van der Waals surface area contributed by atoms with Gasteiger partial charge in [-0.3, -0.25) is 0 Å². The van der Waals surface area contributed by atoms with E-state index in [2.05, 4.69) is 0 Å². The van der Waals surface area contributed by atoms with E-state index < -0.39 is 5.97 Å². The van der Waals surface area contributed by atoms with Crippen molar-refractivity contribution in [2.24, 2.45) is 0 Å². The second-order valence-corrected chi connectivity index (χ2v) is 5.06. The van der Waals surface area contributed by atoms with Gasteiger partial charge in [0.15, 0.2) is 0 Å². The van der Waals surface area contributed by atoms with Gasteiger partial charge in [0.05, 0.1) is 6.61 Å². The highest BCUT2D eigenvalue weighted by Crippen LogP contribution is 2.40. The lowest BCUT2D eigenvalue weighted by molar-refractivity contribution is 0.0702. The van der Waals surface area contributed by atoms with Crippen LogP contribution in [0.1, 0.15) is 15.2 Å². The van der Waals surface area contributed by atoms with Gasteiger partial charge >= 0.3 is 5.97 Å². The van der Waals surface area contributed by atoms with Crippen molar-refractivity contribution in [2.75, 3.05) is 6.61 Å². The maximum Gasteiger partial charge on any atom is 0.345 e. The minimum absolute atomic E-state index is 0.275. The first-order valence-electron chi connectivity index (χ1n) is 5.44. The fourth-order valence-corrected chi connectivity index (χ4v) is 3.09. The summed E-state index contributed by atoms with van der Waals surface area (Å²) in [6.45, 7) is 0.474. The second-order valence-electron chi connectivity index (χ2n) is 4.01. The van der Waals surface area contributed by atoms with Crippen LogP contribution in [0.5, 0.6) is 5.75 Å². The number of halogens is 1. The van der Waals surface area contributed by atoms with Crippen molar-refractivity contribution in [3.05, 3.63) is 40.5 Å². The number of carboxylic acids is 1. The summed E-state index contributed by atoms with van der Waals surface area (Å²) in [6.07, 6.45) is 0.634. The molecule has 0 bridgehead atoms. The molecule has 0 atom stereocenters. The molecule has 1 aliphatic rings. The SMILES string of the molecule is O=C(O)c1cc2c(s1)-c1cc(F)ccc1OCC2. The smallest absolute Gasteiger partial charge is 0.345 e. The average Bonchev–Trinajstić information content (AvgIpc) is 2.68. The van der Waals surface area contributed by atoms with Crippen LogP contribution in [0.2, 0.25) is 0 Å². The molecule has 3 rings (SSSR count). The van der Waals surface area contributed by atoms with E-state index in [4.69, 9.17) is 9.84 Å². The molecule has 0 aliphatic carbocycles. The first-order chi connectivity index (χ1) is 8.65. The molecule has 3 nitrogen and oxygen atoms in total. The summed E-state index contributed by atoms with van der Waals surface area (Å²) in [5.41, 5.74) is 1.54. The zero-order chi connectivity index (χ0) is 12.7. The fourth-order valence-electron chi connectivity index (χ4n) is 2.02. The molecule has 1 aliphatic heterocycles. The van der Waals surface area contributed by atoms with Crippen molar-refractivity contribution in [3.63, 3.8) is 0 Å². The van der Waals surface area contributed by atoms with E-state index >= 15 is 0 Å². The molecule has 2 heterocycles. The number of hydrogen-bond acceptors (Lipinski definition) is 3. The van der Waals surface area contributed by atoms with Gasteiger partial charge < -0.3 is 9.84 Å². The molecule has 1 aromatic carbocycles. The van der Waals surface area contributed by atoms with Crippen LogP contribution in [0.15, 0.2) is 24.3 Å². The molecule has 0 amide bonds. The van der Waals surface area contributed by atoms with Crippen molar-refractivity contribution in [1.82, 2.24) is 0 Å². The molecular weight excluding hydrogens is 255 g/mol. The van der Waals surface area contributed by atoms with E-state index in [0.29, 0.717) is 24.3 Å². The number of hydrogen-bond donors (Lipinski definition) is 1. The highest BCUT2D eigenvalue weighted by atomic mass is 32.1. The summed E-state index contributed by atoms with van der Waals surface area (Å²) >= 11 is 1.16. The number of thiophene rings is 1. The Hall–Kier alpha value is -1.88. The minimum Gasteiger partial charge on any atom is -0.493 e.